The van der Waals surface area contributed by atoms with Crippen LogP contribution in [0, 0.1) is 0 Å². The van der Waals surface area contributed by atoms with Gasteiger partial charge in [0.2, 0.25) is 0 Å². The van der Waals surface area contributed by atoms with E-state index in [1.54, 1.807) is 11.8 Å². The van der Waals surface area contributed by atoms with Gasteiger partial charge in [0.05, 0.1) is 0 Å². The van der Waals surface area contributed by atoms with Crippen LogP contribution in [-0.2, 0) is 6.54 Å². The zero-order valence-corrected chi connectivity index (χ0v) is 8.25. The predicted molar refractivity (Wildman–Crippen MR) is 51.9 cm³/mol. The van der Waals surface area contributed by atoms with E-state index in [-0.39, 0.29) is 0 Å². The van der Waals surface area contributed by atoms with E-state index in [1.165, 1.54) is 0 Å². The number of benzene rings is 1. The van der Waals surface area contributed by atoms with E-state index >= 15 is 0 Å². The average molecular weight is 204 g/mol. The van der Waals surface area contributed by atoms with Crippen LogP contribution in [0.5, 0.6) is 0 Å². The van der Waals surface area contributed by atoms with Crippen LogP contribution in [0.2, 0.25) is 5.02 Å². The molecule has 0 saturated heterocycles. The van der Waals surface area contributed by atoms with Gasteiger partial charge in [-0.2, -0.15) is 0 Å². The predicted octanol–water partition coefficient (Wildman–Crippen LogP) is 2.54. The summed E-state index contributed by atoms with van der Waals surface area (Å²) in [6, 6.07) is 5.74. The van der Waals surface area contributed by atoms with E-state index in [1.807, 2.05) is 24.5 Å². The standard InChI is InChI=1S/C8H10ClNOS/c1-12-7-2-3-8(9)6(4-7)5-10-11/h2-4,10-11H,5H2,1H3. The second kappa shape index (κ2) is 4.72. The Labute approximate surface area is 80.9 Å². The highest BCUT2D eigenvalue weighted by atomic mass is 35.5. The molecule has 0 aliphatic carbocycles. The summed E-state index contributed by atoms with van der Waals surface area (Å²) in [6.07, 6.45) is 2.00. The van der Waals surface area contributed by atoms with Crippen molar-refractivity contribution >= 4 is 23.4 Å². The van der Waals surface area contributed by atoms with Crippen LogP contribution in [0.1, 0.15) is 5.56 Å². The maximum absolute atomic E-state index is 8.49. The third-order valence-corrected chi connectivity index (χ3v) is 2.62. The molecule has 0 aliphatic rings. The van der Waals surface area contributed by atoms with Gasteiger partial charge in [0.25, 0.3) is 0 Å². The van der Waals surface area contributed by atoms with Crippen LogP contribution in [0.4, 0.5) is 0 Å². The molecule has 2 N–H and O–H groups in total. The van der Waals surface area contributed by atoms with Gasteiger partial charge >= 0.3 is 0 Å². The first kappa shape index (κ1) is 9.86. The van der Waals surface area contributed by atoms with Crippen molar-refractivity contribution in [3.63, 3.8) is 0 Å². The first-order valence-electron chi connectivity index (χ1n) is 3.47. The SMILES string of the molecule is CSc1ccc(Cl)c(CNO)c1. The summed E-state index contributed by atoms with van der Waals surface area (Å²) in [5.41, 5.74) is 2.99. The van der Waals surface area contributed by atoms with Gasteiger partial charge < -0.3 is 5.21 Å². The Morgan fingerprint density at radius 3 is 2.92 bits per heavy atom. The van der Waals surface area contributed by atoms with E-state index in [0.29, 0.717) is 11.6 Å². The molecule has 0 saturated carbocycles. The summed E-state index contributed by atoms with van der Waals surface area (Å²) >= 11 is 7.52. The lowest BCUT2D eigenvalue weighted by Gasteiger charge is -2.04. The van der Waals surface area contributed by atoms with Crippen molar-refractivity contribution in [3.8, 4) is 0 Å². The molecule has 0 unspecified atom stereocenters. The summed E-state index contributed by atoms with van der Waals surface area (Å²) in [6.45, 7) is 0.382. The summed E-state index contributed by atoms with van der Waals surface area (Å²) in [7, 11) is 0. The lowest BCUT2D eigenvalue weighted by molar-refractivity contribution is 0.161. The molecule has 0 fully saturated rings. The van der Waals surface area contributed by atoms with Crippen molar-refractivity contribution in [2.75, 3.05) is 6.26 Å². The molecule has 0 radical (unpaired) electrons. The van der Waals surface area contributed by atoms with Crippen LogP contribution in [-0.4, -0.2) is 11.5 Å². The van der Waals surface area contributed by atoms with Crippen LogP contribution >= 0.6 is 23.4 Å². The minimum atomic E-state index is 0.382. The number of hydrogen-bond donors (Lipinski definition) is 2. The maximum Gasteiger partial charge on any atom is 0.0473 e. The normalized spacial score (nSPS) is 10.2. The molecule has 12 heavy (non-hydrogen) atoms. The van der Waals surface area contributed by atoms with E-state index in [4.69, 9.17) is 16.8 Å². The number of nitrogens with one attached hydrogen (secondary N) is 1. The molecule has 2 nitrogen and oxygen atoms in total. The fourth-order valence-electron chi connectivity index (χ4n) is 0.899. The van der Waals surface area contributed by atoms with Gasteiger partial charge in [-0.1, -0.05) is 11.6 Å². The summed E-state index contributed by atoms with van der Waals surface area (Å²) in [5, 5.41) is 9.17. The third-order valence-electron chi connectivity index (χ3n) is 1.52. The van der Waals surface area contributed by atoms with Gasteiger partial charge in [0.15, 0.2) is 0 Å². The quantitative estimate of drug-likeness (QED) is 0.585. The zero-order chi connectivity index (χ0) is 8.97. The topological polar surface area (TPSA) is 32.3 Å². The van der Waals surface area contributed by atoms with Crippen molar-refractivity contribution in [1.82, 2.24) is 5.48 Å². The largest absolute Gasteiger partial charge is 0.316 e. The number of hydroxylamine groups is 1. The number of thioether (sulfide) groups is 1. The number of rotatable bonds is 3. The Balaban J connectivity index is 2.91. The molecule has 1 rings (SSSR count). The monoisotopic (exact) mass is 203 g/mol. The highest BCUT2D eigenvalue weighted by molar-refractivity contribution is 7.98. The van der Waals surface area contributed by atoms with Crippen molar-refractivity contribution < 1.29 is 5.21 Å². The molecular formula is C8H10ClNOS. The molecule has 0 amide bonds. The third kappa shape index (κ3) is 2.38. The van der Waals surface area contributed by atoms with Crippen LogP contribution in [0.3, 0.4) is 0 Å². The highest BCUT2D eigenvalue weighted by Crippen LogP contribution is 2.22. The van der Waals surface area contributed by atoms with Gasteiger partial charge in [0, 0.05) is 16.5 Å². The lowest BCUT2D eigenvalue weighted by Crippen LogP contribution is -2.06. The van der Waals surface area contributed by atoms with Crippen LogP contribution < -0.4 is 5.48 Å². The minimum Gasteiger partial charge on any atom is -0.316 e. The number of hydrogen-bond acceptors (Lipinski definition) is 3. The molecule has 0 aromatic heterocycles. The number of halogens is 1. The molecular weight excluding hydrogens is 194 g/mol. The fourth-order valence-corrected chi connectivity index (χ4v) is 1.55. The van der Waals surface area contributed by atoms with E-state index < -0.39 is 0 Å². The maximum atomic E-state index is 8.49. The van der Waals surface area contributed by atoms with Gasteiger partial charge in [0.1, 0.15) is 0 Å². The molecule has 0 atom stereocenters. The molecule has 1 aromatic carbocycles. The minimum absolute atomic E-state index is 0.382. The lowest BCUT2D eigenvalue weighted by atomic mass is 10.2. The Morgan fingerprint density at radius 2 is 2.33 bits per heavy atom. The molecule has 0 aliphatic heterocycles. The van der Waals surface area contributed by atoms with E-state index in [9.17, 15) is 0 Å². The molecule has 4 heteroatoms. The highest BCUT2D eigenvalue weighted by Gasteiger charge is 2.00. The zero-order valence-electron chi connectivity index (χ0n) is 6.67. The second-order valence-electron chi connectivity index (χ2n) is 2.29. The summed E-state index contributed by atoms with van der Waals surface area (Å²) in [5.74, 6) is 0. The Bertz CT molecular complexity index is 267. The molecule has 0 bridgehead atoms. The smallest absolute Gasteiger partial charge is 0.0473 e. The van der Waals surface area contributed by atoms with Gasteiger partial charge in [-0.3, -0.25) is 0 Å². The molecule has 1 aromatic rings. The average Bonchev–Trinajstić information content (AvgIpc) is 2.09. The first-order valence-corrected chi connectivity index (χ1v) is 5.07. The van der Waals surface area contributed by atoms with Crippen molar-refractivity contribution in [3.05, 3.63) is 28.8 Å². The molecule has 66 valence electrons. The molecule has 0 heterocycles. The first-order chi connectivity index (χ1) is 5.77. The van der Waals surface area contributed by atoms with E-state index in [0.717, 1.165) is 10.5 Å². The van der Waals surface area contributed by atoms with Crippen molar-refractivity contribution in [2.45, 2.75) is 11.4 Å². The summed E-state index contributed by atoms with van der Waals surface area (Å²) in [4.78, 5) is 1.14. The van der Waals surface area contributed by atoms with Crippen molar-refractivity contribution in [2.24, 2.45) is 0 Å². The van der Waals surface area contributed by atoms with Crippen molar-refractivity contribution in [1.29, 1.82) is 0 Å². The van der Waals surface area contributed by atoms with Crippen LogP contribution in [0.15, 0.2) is 23.1 Å². The second-order valence-corrected chi connectivity index (χ2v) is 3.58. The molecule has 0 spiro atoms. The Kier molecular flexibility index (Phi) is 3.88. The Morgan fingerprint density at radius 1 is 1.58 bits per heavy atom. The van der Waals surface area contributed by atoms with Gasteiger partial charge in [-0.15, -0.1) is 11.8 Å². The fraction of sp³-hybridized carbons (Fsp3) is 0.250. The Hall–Kier alpha value is -0.220. The van der Waals surface area contributed by atoms with Gasteiger partial charge in [-0.25, -0.2) is 5.48 Å². The van der Waals surface area contributed by atoms with Crippen LogP contribution in [0.25, 0.3) is 0 Å². The van der Waals surface area contributed by atoms with Gasteiger partial charge in [-0.05, 0) is 30.0 Å². The summed E-state index contributed by atoms with van der Waals surface area (Å²) < 4.78 is 0. The van der Waals surface area contributed by atoms with E-state index in [2.05, 4.69) is 5.48 Å².